The Labute approximate surface area is 134 Å². The van der Waals surface area contributed by atoms with E-state index in [1.165, 1.54) is 11.1 Å². The molecule has 19 heavy (non-hydrogen) atoms. The van der Waals surface area contributed by atoms with Crippen LogP contribution in [0.1, 0.15) is 38.3 Å². The van der Waals surface area contributed by atoms with Gasteiger partial charge < -0.3 is 11.1 Å². The molecule has 3 N–H and O–H groups in total. The van der Waals surface area contributed by atoms with Crippen LogP contribution in [0.15, 0.2) is 29.3 Å². The Morgan fingerprint density at radius 2 is 1.95 bits per heavy atom. The van der Waals surface area contributed by atoms with E-state index in [0.29, 0.717) is 12.5 Å². The van der Waals surface area contributed by atoms with Crippen molar-refractivity contribution in [3.63, 3.8) is 0 Å². The van der Waals surface area contributed by atoms with Crippen LogP contribution in [0.2, 0.25) is 0 Å². The van der Waals surface area contributed by atoms with Gasteiger partial charge in [0.05, 0.1) is 6.54 Å². The summed E-state index contributed by atoms with van der Waals surface area (Å²) in [6.07, 6.45) is 1.05. The second kappa shape index (κ2) is 8.40. The predicted molar refractivity (Wildman–Crippen MR) is 94.4 cm³/mol. The number of halogens is 1. The number of guanidine groups is 1. The Balaban J connectivity index is 0.00000324. The lowest BCUT2D eigenvalue weighted by Crippen LogP contribution is -2.34. The fraction of sp³-hybridized carbons (Fsp3) is 0.533. The van der Waals surface area contributed by atoms with Gasteiger partial charge >= 0.3 is 0 Å². The van der Waals surface area contributed by atoms with Crippen LogP contribution < -0.4 is 11.1 Å². The minimum atomic E-state index is 0. The molecule has 0 aliphatic rings. The summed E-state index contributed by atoms with van der Waals surface area (Å²) in [6.45, 7) is 10.2. The van der Waals surface area contributed by atoms with Crippen molar-refractivity contribution in [1.29, 1.82) is 0 Å². The van der Waals surface area contributed by atoms with Crippen molar-refractivity contribution in [3.8, 4) is 0 Å². The Morgan fingerprint density at radius 3 is 2.53 bits per heavy atom. The standard InChI is InChI=1S/C15H25N3.HI/c1-5-10-17-14(16)18-11-15(3,4)13-9-7-6-8-12(13)2;/h6-9H,5,10-11H2,1-4H3,(H3,16,17,18);1H. The van der Waals surface area contributed by atoms with Crippen LogP contribution in [-0.4, -0.2) is 19.0 Å². The number of nitrogens with two attached hydrogens (primary N) is 1. The predicted octanol–water partition coefficient (Wildman–Crippen LogP) is 3.20. The van der Waals surface area contributed by atoms with E-state index in [-0.39, 0.29) is 29.4 Å². The van der Waals surface area contributed by atoms with Crippen LogP contribution in [0.5, 0.6) is 0 Å². The van der Waals surface area contributed by atoms with E-state index in [1.54, 1.807) is 0 Å². The van der Waals surface area contributed by atoms with E-state index in [2.05, 4.69) is 62.3 Å². The average Bonchev–Trinajstić information content (AvgIpc) is 2.34. The maximum Gasteiger partial charge on any atom is 0.188 e. The smallest absolute Gasteiger partial charge is 0.188 e. The Morgan fingerprint density at radius 1 is 1.32 bits per heavy atom. The highest BCUT2D eigenvalue weighted by Crippen LogP contribution is 2.26. The number of nitrogens with zero attached hydrogens (tertiary/aromatic N) is 1. The van der Waals surface area contributed by atoms with Gasteiger partial charge in [-0.05, 0) is 24.5 Å². The monoisotopic (exact) mass is 375 g/mol. The lowest BCUT2D eigenvalue weighted by atomic mass is 9.82. The van der Waals surface area contributed by atoms with Gasteiger partial charge in [0.1, 0.15) is 0 Å². The number of nitrogens with one attached hydrogen (secondary N) is 1. The zero-order valence-electron chi connectivity index (χ0n) is 12.4. The third kappa shape index (κ3) is 5.80. The lowest BCUT2D eigenvalue weighted by molar-refractivity contribution is 0.535. The summed E-state index contributed by atoms with van der Waals surface area (Å²) < 4.78 is 0. The SMILES string of the molecule is CCCNC(N)=NCC(C)(C)c1ccccc1C.I. The average molecular weight is 375 g/mol. The summed E-state index contributed by atoms with van der Waals surface area (Å²) in [6, 6.07) is 8.45. The molecular formula is C15H26IN3. The molecule has 0 unspecified atom stereocenters. The lowest BCUT2D eigenvalue weighted by Gasteiger charge is -2.25. The molecule has 1 aromatic carbocycles. The summed E-state index contributed by atoms with van der Waals surface area (Å²) in [7, 11) is 0. The van der Waals surface area contributed by atoms with Crippen molar-refractivity contribution < 1.29 is 0 Å². The second-order valence-electron chi connectivity index (χ2n) is 5.33. The molecule has 0 aromatic heterocycles. The van der Waals surface area contributed by atoms with E-state index >= 15 is 0 Å². The van der Waals surface area contributed by atoms with Gasteiger partial charge in [0, 0.05) is 12.0 Å². The van der Waals surface area contributed by atoms with E-state index in [4.69, 9.17) is 5.73 Å². The number of rotatable bonds is 5. The molecule has 0 heterocycles. The minimum Gasteiger partial charge on any atom is -0.370 e. The summed E-state index contributed by atoms with van der Waals surface area (Å²) in [5.74, 6) is 0.540. The van der Waals surface area contributed by atoms with E-state index in [1.807, 2.05) is 0 Å². The topological polar surface area (TPSA) is 50.4 Å². The zero-order chi connectivity index (χ0) is 13.6. The first-order chi connectivity index (χ1) is 8.47. The van der Waals surface area contributed by atoms with E-state index in [0.717, 1.165) is 13.0 Å². The summed E-state index contributed by atoms with van der Waals surface area (Å²) >= 11 is 0. The van der Waals surface area contributed by atoms with Gasteiger partial charge in [0.2, 0.25) is 0 Å². The van der Waals surface area contributed by atoms with Crippen molar-refractivity contribution in [3.05, 3.63) is 35.4 Å². The molecule has 0 aliphatic heterocycles. The van der Waals surface area contributed by atoms with Crippen LogP contribution in [-0.2, 0) is 5.41 Å². The van der Waals surface area contributed by atoms with Gasteiger partial charge in [0.25, 0.3) is 0 Å². The molecule has 0 fully saturated rings. The van der Waals surface area contributed by atoms with Crippen molar-refractivity contribution in [2.24, 2.45) is 10.7 Å². The van der Waals surface area contributed by atoms with Gasteiger partial charge in [-0.3, -0.25) is 4.99 Å². The van der Waals surface area contributed by atoms with E-state index in [9.17, 15) is 0 Å². The highest BCUT2D eigenvalue weighted by Gasteiger charge is 2.21. The third-order valence-electron chi connectivity index (χ3n) is 3.07. The Hall–Kier alpha value is -0.780. The third-order valence-corrected chi connectivity index (χ3v) is 3.07. The number of aryl methyl sites for hydroxylation is 1. The first-order valence-electron chi connectivity index (χ1n) is 6.57. The first kappa shape index (κ1) is 18.2. The minimum absolute atomic E-state index is 0. The van der Waals surface area contributed by atoms with Crippen LogP contribution in [0.3, 0.4) is 0 Å². The molecule has 0 atom stereocenters. The van der Waals surface area contributed by atoms with Gasteiger partial charge in [-0.25, -0.2) is 0 Å². The molecule has 0 saturated heterocycles. The molecule has 0 bridgehead atoms. The molecule has 0 amide bonds. The molecule has 1 aromatic rings. The highest BCUT2D eigenvalue weighted by molar-refractivity contribution is 14.0. The summed E-state index contributed by atoms with van der Waals surface area (Å²) in [5.41, 5.74) is 8.46. The molecule has 1 rings (SSSR count). The van der Waals surface area contributed by atoms with Crippen molar-refractivity contribution in [2.45, 2.75) is 39.5 Å². The molecule has 108 valence electrons. The van der Waals surface area contributed by atoms with Crippen LogP contribution in [0, 0.1) is 6.92 Å². The Bertz CT molecular complexity index is 414. The molecule has 0 saturated carbocycles. The molecule has 4 heteroatoms. The van der Waals surface area contributed by atoms with Crippen molar-refractivity contribution >= 4 is 29.9 Å². The largest absolute Gasteiger partial charge is 0.370 e. The van der Waals surface area contributed by atoms with E-state index < -0.39 is 0 Å². The number of hydrogen-bond acceptors (Lipinski definition) is 1. The summed E-state index contributed by atoms with van der Waals surface area (Å²) in [5, 5.41) is 3.10. The maximum absolute atomic E-state index is 5.82. The van der Waals surface area contributed by atoms with Crippen LogP contribution in [0.25, 0.3) is 0 Å². The molecular weight excluding hydrogens is 349 g/mol. The fourth-order valence-corrected chi connectivity index (χ4v) is 2.01. The molecule has 0 spiro atoms. The maximum atomic E-state index is 5.82. The van der Waals surface area contributed by atoms with Gasteiger partial charge in [-0.15, -0.1) is 24.0 Å². The molecule has 0 aliphatic carbocycles. The number of benzene rings is 1. The first-order valence-corrected chi connectivity index (χ1v) is 6.57. The quantitative estimate of drug-likeness (QED) is 0.472. The van der Waals surface area contributed by atoms with Gasteiger partial charge in [-0.1, -0.05) is 45.0 Å². The second-order valence-corrected chi connectivity index (χ2v) is 5.33. The van der Waals surface area contributed by atoms with Gasteiger partial charge in [-0.2, -0.15) is 0 Å². The number of aliphatic imine (C=N–C) groups is 1. The zero-order valence-corrected chi connectivity index (χ0v) is 14.7. The van der Waals surface area contributed by atoms with Crippen molar-refractivity contribution in [1.82, 2.24) is 5.32 Å². The number of hydrogen-bond donors (Lipinski definition) is 2. The molecule has 0 radical (unpaired) electrons. The van der Waals surface area contributed by atoms with Crippen LogP contribution >= 0.6 is 24.0 Å². The van der Waals surface area contributed by atoms with Crippen LogP contribution in [0.4, 0.5) is 0 Å². The summed E-state index contributed by atoms with van der Waals surface area (Å²) in [4.78, 5) is 4.43. The Kier molecular flexibility index (Phi) is 8.06. The highest BCUT2D eigenvalue weighted by atomic mass is 127. The van der Waals surface area contributed by atoms with Crippen molar-refractivity contribution in [2.75, 3.05) is 13.1 Å². The fourth-order valence-electron chi connectivity index (χ4n) is 2.01. The normalized spacial score (nSPS) is 11.9. The van der Waals surface area contributed by atoms with Gasteiger partial charge in [0.15, 0.2) is 5.96 Å². The molecule has 3 nitrogen and oxygen atoms in total.